The van der Waals surface area contributed by atoms with Crippen LogP contribution in [-0.2, 0) is 9.53 Å². The van der Waals surface area contributed by atoms with Gasteiger partial charge in [0, 0.05) is 4.90 Å². The molecule has 0 saturated heterocycles. The number of halogens is 1. The van der Waals surface area contributed by atoms with Gasteiger partial charge < -0.3 is 9.47 Å². The second-order valence-corrected chi connectivity index (χ2v) is 6.17. The second-order valence-electron chi connectivity index (χ2n) is 4.99. The van der Waals surface area contributed by atoms with Crippen molar-refractivity contribution in [1.82, 2.24) is 0 Å². The number of thioether (sulfide) groups is 1. The van der Waals surface area contributed by atoms with Gasteiger partial charge >= 0.3 is 5.97 Å². The van der Waals surface area contributed by atoms with Crippen LogP contribution in [0.2, 0.25) is 0 Å². The molecule has 0 fully saturated rings. The summed E-state index contributed by atoms with van der Waals surface area (Å²) in [6, 6.07) is 13.3. The topological polar surface area (TPSA) is 35.5 Å². The van der Waals surface area contributed by atoms with Crippen LogP contribution in [-0.4, -0.2) is 19.2 Å². The second kappa shape index (κ2) is 9.75. The van der Waals surface area contributed by atoms with E-state index in [1.54, 1.807) is 26.0 Å². The van der Waals surface area contributed by atoms with E-state index in [0.717, 1.165) is 4.90 Å². The van der Waals surface area contributed by atoms with Crippen LogP contribution in [0.5, 0.6) is 5.75 Å². The minimum atomic E-state index is -0.557. The Hall–Kier alpha value is -2.45. The molecule has 0 aliphatic rings. The van der Waals surface area contributed by atoms with Crippen molar-refractivity contribution < 1.29 is 18.7 Å². The van der Waals surface area contributed by atoms with Crippen molar-refractivity contribution in [2.24, 2.45) is 0 Å². The lowest BCUT2D eigenvalue weighted by Crippen LogP contribution is -2.13. The Labute approximate surface area is 151 Å². The van der Waals surface area contributed by atoms with Crippen LogP contribution < -0.4 is 4.74 Å². The van der Waals surface area contributed by atoms with Gasteiger partial charge in [-0.1, -0.05) is 18.1 Å². The summed E-state index contributed by atoms with van der Waals surface area (Å²) >= 11 is 1.35. The first-order chi connectivity index (χ1) is 12.1. The van der Waals surface area contributed by atoms with Crippen molar-refractivity contribution in [1.29, 1.82) is 0 Å². The van der Waals surface area contributed by atoms with Crippen molar-refractivity contribution >= 4 is 17.7 Å². The first-order valence-corrected chi connectivity index (χ1v) is 8.73. The molecule has 0 aromatic heterocycles. The largest absolute Gasteiger partial charge is 0.481 e. The maximum absolute atomic E-state index is 13.2. The van der Waals surface area contributed by atoms with Crippen molar-refractivity contribution in [3.8, 4) is 17.6 Å². The molecule has 0 amide bonds. The molecule has 2 rings (SSSR count). The minimum absolute atomic E-state index is 0.294. The number of rotatable bonds is 7. The zero-order chi connectivity index (χ0) is 18.1. The lowest BCUT2D eigenvalue weighted by Gasteiger charge is -2.16. The molecule has 0 N–H and O–H groups in total. The quantitative estimate of drug-likeness (QED) is 0.411. The zero-order valence-electron chi connectivity index (χ0n) is 14.1. The SMILES string of the molecule is CC#CCOc1ccc(SC(C(=O)OCC)c2ccc(F)cc2)cc1. The molecular weight excluding hydrogens is 339 g/mol. The van der Waals surface area contributed by atoms with Crippen LogP contribution in [0.25, 0.3) is 0 Å². The van der Waals surface area contributed by atoms with Crippen molar-refractivity contribution in [2.75, 3.05) is 13.2 Å². The fourth-order valence-electron chi connectivity index (χ4n) is 2.05. The third-order valence-electron chi connectivity index (χ3n) is 3.24. The van der Waals surface area contributed by atoms with Crippen molar-refractivity contribution in [3.05, 3.63) is 59.9 Å². The van der Waals surface area contributed by atoms with Crippen LogP contribution in [0.1, 0.15) is 24.7 Å². The van der Waals surface area contributed by atoms with Gasteiger partial charge in [0.2, 0.25) is 0 Å². The molecule has 3 nitrogen and oxygen atoms in total. The molecule has 0 radical (unpaired) electrons. The lowest BCUT2D eigenvalue weighted by molar-refractivity contribution is -0.142. The van der Waals surface area contributed by atoms with Gasteiger partial charge in [0.15, 0.2) is 0 Å². The number of carbonyl (C=O) groups excluding carboxylic acids is 1. The fourth-order valence-corrected chi connectivity index (χ4v) is 3.07. The van der Waals surface area contributed by atoms with E-state index in [2.05, 4.69) is 11.8 Å². The Morgan fingerprint density at radius 2 is 1.84 bits per heavy atom. The third kappa shape index (κ3) is 5.84. The summed E-state index contributed by atoms with van der Waals surface area (Å²) in [7, 11) is 0. The molecule has 0 heterocycles. The zero-order valence-corrected chi connectivity index (χ0v) is 14.9. The standard InChI is InChI=1S/C20H19FO3S/c1-3-5-14-24-17-10-12-18(13-11-17)25-19(20(22)23-4-2)15-6-8-16(21)9-7-15/h6-13,19H,4,14H2,1-2H3. The van der Waals surface area contributed by atoms with Gasteiger partial charge in [0.1, 0.15) is 23.4 Å². The Morgan fingerprint density at radius 1 is 1.16 bits per heavy atom. The molecule has 0 aliphatic carbocycles. The van der Waals surface area contributed by atoms with E-state index >= 15 is 0 Å². The molecular formula is C20H19FO3S. The number of hydrogen-bond donors (Lipinski definition) is 0. The van der Waals surface area contributed by atoms with Gasteiger partial charge in [-0.25, -0.2) is 4.39 Å². The molecule has 0 spiro atoms. The van der Waals surface area contributed by atoms with Crippen LogP contribution in [0.15, 0.2) is 53.4 Å². The Balaban J connectivity index is 2.13. The monoisotopic (exact) mass is 358 g/mol. The predicted molar refractivity (Wildman–Crippen MR) is 97.0 cm³/mol. The van der Waals surface area contributed by atoms with Gasteiger partial charge in [-0.3, -0.25) is 4.79 Å². The maximum Gasteiger partial charge on any atom is 0.323 e. The van der Waals surface area contributed by atoms with Gasteiger partial charge in [-0.15, -0.1) is 17.7 Å². The molecule has 130 valence electrons. The molecule has 0 bridgehead atoms. The molecule has 0 saturated carbocycles. The average molecular weight is 358 g/mol. The summed E-state index contributed by atoms with van der Waals surface area (Å²) in [5.41, 5.74) is 0.698. The van der Waals surface area contributed by atoms with Gasteiger partial charge in [0.25, 0.3) is 0 Å². The summed E-state index contributed by atoms with van der Waals surface area (Å²) < 4.78 is 23.8. The number of benzene rings is 2. The van der Waals surface area contributed by atoms with E-state index in [4.69, 9.17) is 9.47 Å². The molecule has 0 aliphatic heterocycles. The molecule has 2 aromatic rings. The predicted octanol–water partition coefficient (Wildman–Crippen LogP) is 4.62. The molecule has 25 heavy (non-hydrogen) atoms. The Kier molecular flexibility index (Phi) is 7.36. The number of carbonyl (C=O) groups is 1. The fraction of sp³-hybridized carbons (Fsp3) is 0.250. The summed E-state index contributed by atoms with van der Waals surface area (Å²) in [4.78, 5) is 13.2. The first kappa shape index (κ1) is 18.9. The Bertz CT molecular complexity index is 745. The normalized spacial score (nSPS) is 11.2. The van der Waals surface area contributed by atoms with Gasteiger partial charge in [0.05, 0.1) is 6.61 Å². The van der Waals surface area contributed by atoms with E-state index in [0.29, 0.717) is 24.5 Å². The van der Waals surface area contributed by atoms with Crippen molar-refractivity contribution in [2.45, 2.75) is 24.0 Å². The smallest absolute Gasteiger partial charge is 0.323 e. The Morgan fingerprint density at radius 3 is 2.44 bits per heavy atom. The van der Waals surface area contributed by atoms with Crippen molar-refractivity contribution in [3.63, 3.8) is 0 Å². The number of ether oxygens (including phenoxy) is 2. The molecule has 1 atom stereocenters. The molecule has 5 heteroatoms. The van der Waals surface area contributed by atoms with Gasteiger partial charge in [-0.2, -0.15) is 0 Å². The lowest BCUT2D eigenvalue weighted by atomic mass is 10.1. The van der Waals surface area contributed by atoms with E-state index < -0.39 is 5.25 Å². The summed E-state index contributed by atoms with van der Waals surface area (Å²) in [5, 5.41) is -0.557. The average Bonchev–Trinajstić information content (AvgIpc) is 2.62. The highest BCUT2D eigenvalue weighted by Gasteiger charge is 2.23. The van der Waals surface area contributed by atoms with Crippen LogP contribution >= 0.6 is 11.8 Å². The highest BCUT2D eigenvalue weighted by Crippen LogP contribution is 2.37. The highest BCUT2D eigenvalue weighted by molar-refractivity contribution is 8.00. The van der Waals surface area contributed by atoms with E-state index in [-0.39, 0.29) is 11.8 Å². The number of hydrogen-bond acceptors (Lipinski definition) is 4. The first-order valence-electron chi connectivity index (χ1n) is 7.85. The molecule has 2 aromatic carbocycles. The van der Waals surface area contributed by atoms with Gasteiger partial charge in [-0.05, 0) is 55.8 Å². The van der Waals surface area contributed by atoms with E-state index in [1.165, 1.54) is 23.9 Å². The maximum atomic E-state index is 13.2. The van der Waals surface area contributed by atoms with E-state index in [9.17, 15) is 9.18 Å². The third-order valence-corrected chi connectivity index (χ3v) is 4.48. The van der Waals surface area contributed by atoms with E-state index in [1.807, 2.05) is 24.3 Å². The van der Waals surface area contributed by atoms with Crippen LogP contribution in [0.3, 0.4) is 0 Å². The summed E-state index contributed by atoms with van der Waals surface area (Å²) in [5.74, 6) is 5.61. The minimum Gasteiger partial charge on any atom is -0.481 e. The highest BCUT2D eigenvalue weighted by atomic mass is 32.2. The van der Waals surface area contributed by atoms with Crippen LogP contribution in [0.4, 0.5) is 4.39 Å². The summed E-state index contributed by atoms with van der Waals surface area (Å²) in [6.45, 7) is 4.15. The summed E-state index contributed by atoms with van der Waals surface area (Å²) in [6.07, 6.45) is 0. The van der Waals surface area contributed by atoms with Crippen LogP contribution in [0, 0.1) is 17.7 Å². The molecule has 1 unspecified atom stereocenters. The number of esters is 1.